The van der Waals surface area contributed by atoms with Crippen molar-refractivity contribution < 1.29 is 9.59 Å². The molecular weight excluding hydrogens is 222 g/mol. The van der Waals surface area contributed by atoms with Gasteiger partial charge in [0.15, 0.2) is 0 Å². The smallest absolute Gasteiger partial charge is 0.240 e. The molecule has 94 valence electrons. The number of thioether (sulfide) groups is 1. The van der Waals surface area contributed by atoms with Gasteiger partial charge in [-0.05, 0) is 5.92 Å². The van der Waals surface area contributed by atoms with Gasteiger partial charge < -0.3 is 0 Å². The second-order valence-electron chi connectivity index (χ2n) is 5.57. The molecule has 3 nitrogen and oxygen atoms in total. The molecule has 0 bridgehead atoms. The molecule has 1 aliphatic heterocycles. The fourth-order valence-electron chi connectivity index (χ4n) is 1.05. The largest absolute Gasteiger partial charge is 0.295 e. The van der Waals surface area contributed by atoms with Crippen LogP contribution in [0.1, 0.15) is 48.0 Å². The van der Waals surface area contributed by atoms with Gasteiger partial charge in [0.25, 0.3) is 0 Å². The highest BCUT2D eigenvalue weighted by Crippen LogP contribution is 2.31. The number of amides is 2. The molecule has 16 heavy (non-hydrogen) atoms. The minimum Gasteiger partial charge on any atom is -0.295 e. The highest BCUT2D eigenvalue weighted by atomic mass is 32.2. The summed E-state index contributed by atoms with van der Waals surface area (Å²) in [6, 6.07) is 0. The summed E-state index contributed by atoms with van der Waals surface area (Å²) in [6.07, 6.45) is 0.334. The van der Waals surface area contributed by atoms with E-state index >= 15 is 0 Å². The summed E-state index contributed by atoms with van der Waals surface area (Å²) in [6.45, 7) is 12.6. The van der Waals surface area contributed by atoms with Crippen molar-refractivity contribution in [3.63, 3.8) is 0 Å². The lowest BCUT2D eigenvalue weighted by Crippen LogP contribution is -2.25. The molecule has 1 atom stereocenters. The average Bonchev–Trinajstić information content (AvgIpc) is 2.24. The Labute approximate surface area is 103 Å². The summed E-state index contributed by atoms with van der Waals surface area (Å²) in [5.74, 6) is 0.543. The van der Waals surface area contributed by atoms with Crippen molar-refractivity contribution in [2.75, 3.05) is 0 Å². The molecule has 0 spiro atoms. The van der Waals surface area contributed by atoms with Crippen molar-refractivity contribution in [1.82, 2.24) is 5.32 Å². The molecule has 0 aliphatic carbocycles. The molecule has 2 amide bonds. The van der Waals surface area contributed by atoms with E-state index < -0.39 is 0 Å². The zero-order chi connectivity index (χ0) is 12.9. The second-order valence-corrected chi connectivity index (χ2v) is 7.60. The quantitative estimate of drug-likeness (QED) is 0.722. The van der Waals surface area contributed by atoms with Crippen molar-refractivity contribution in [2.24, 2.45) is 5.92 Å². The van der Waals surface area contributed by atoms with Gasteiger partial charge in [0.05, 0.1) is 5.25 Å². The number of imide groups is 1. The fourth-order valence-corrected chi connectivity index (χ4v) is 2.31. The van der Waals surface area contributed by atoms with Crippen molar-refractivity contribution in [3.8, 4) is 0 Å². The van der Waals surface area contributed by atoms with Crippen LogP contribution < -0.4 is 5.32 Å². The molecule has 0 aromatic carbocycles. The summed E-state index contributed by atoms with van der Waals surface area (Å²) in [5, 5.41) is 2.11. The third-order valence-electron chi connectivity index (χ3n) is 1.42. The lowest BCUT2D eigenvalue weighted by molar-refractivity contribution is -0.124. The Kier molecular flexibility index (Phi) is 6.08. The molecule has 1 rings (SSSR count). The Hall–Kier alpha value is -0.510. The van der Waals surface area contributed by atoms with Crippen LogP contribution >= 0.6 is 11.8 Å². The maximum Gasteiger partial charge on any atom is 0.240 e. The summed E-state index contributed by atoms with van der Waals surface area (Å²) in [5.41, 5.74) is 0. The number of rotatable bonds is 1. The molecule has 1 heterocycles. The maximum absolute atomic E-state index is 11.1. The number of hydrogen-bond donors (Lipinski definition) is 1. The fraction of sp³-hybridized carbons (Fsp3) is 0.833. The summed E-state index contributed by atoms with van der Waals surface area (Å²) in [4.78, 5) is 21.9. The molecule has 1 saturated heterocycles. The van der Waals surface area contributed by atoms with Crippen molar-refractivity contribution >= 4 is 23.6 Å². The van der Waals surface area contributed by atoms with Gasteiger partial charge in [0, 0.05) is 11.2 Å². The van der Waals surface area contributed by atoms with Crippen molar-refractivity contribution in [3.05, 3.63) is 0 Å². The van der Waals surface area contributed by atoms with Crippen molar-refractivity contribution in [1.29, 1.82) is 0 Å². The second kappa shape index (κ2) is 6.28. The van der Waals surface area contributed by atoms with E-state index in [4.69, 9.17) is 0 Å². The first-order chi connectivity index (χ1) is 7.11. The molecule has 0 aromatic rings. The van der Waals surface area contributed by atoms with Gasteiger partial charge in [0.2, 0.25) is 11.8 Å². The number of nitrogens with one attached hydrogen (secondary N) is 1. The Morgan fingerprint density at radius 3 is 1.94 bits per heavy atom. The SMILES string of the molecule is CC(C)(C)SC1CC(=O)NC1=O.CC(C)C. The van der Waals surface area contributed by atoms with Crippen LogP contribution in [-0.4, -0.2) is 21.8 Å². The first-order valence-electron chi connectivity index (χ1n) is 5.63. The van der Waals surface area contributed by atoms with Gasteiger partial charge in [-0.15, -0.1) is 11.8 Å². The zero-order valence-electron chi connectivity index (χ0n) is 11.1. The monoisotopic (exact) mass is 245 g/mol. The van der Waals surface area contributed by atoms with Crippen LogP contribution in [0, 0.1) is 5.92 Å². The molecule has 0 radical (unpaired) electrons. The van der Waals surface area contributed by atoms with Crippen LogP contribution in [0.25, 0.3) is 0 Å². The van der Waals surface area contributed by atoms with Crippen LogP contribution in [0.15, 0.2) is 0 Å². The van der Waals surface area contributed by atoms with Crippen LogP contribution in [0.3, 0.4) is 0 Å². The molecule has 0 saturated carbocycles. The van der Waals surface area contributed by atoms with Gasteiger partial charge in [-0.2, -0.15) is 0 Å². The van der Waals surface area contributed by atoms with Crippen LogP contribution in [0.2, 0.25) is 0 Å². The van der Waals surface area contributed by atoms with E-state index in [2.05, 4.69) is 26.1 Å². The zero-order valence-corrected chi connectivity index (χ0v) is 11.9. The Morgan fingerprint density at radius 2 is 1.69 bits per heavy atom. The van der Waals surface area contributed by atoms with Gasteiger partial charge in [-0.1, -0.05) is 41.5 Å². The van der Waals surface area contributed by atoms with Crippen LogP contribution in [-0.2, 0) is 9.59 Å². The number of carbonyl (C=O) groups excluding carboxylic acids is 2. The first-order valence-corrected chi connectivity index (χ1v) is 6.51. The maximum atomic E-state index is 11.1. The number of hydrogen-bond acceptors (Lipinski definition) is 3. The Bertz CT molecular complexity index is 253. The van der Waals surface area contributed by atoms with E-state index in [9.17, 15) is 9.59 Å². The summed E-state index contributed by atoms with van der Waals surface area (Å²) < 4.78 is 0.0344. The summed E-state index contributed by atoms with van der Waals surface area (Å²) >= 11 is 1.54. The molecular formula is C12H23NO2S. The lowest BCUT2D eigenvalue weighted by Gasteiger charge is -2.20. The van der Waals surface area contributed by atoms with Gasteiger partial charge >= 0.3 is 0 Å². The minimum atomic E-state index is -0.183. The topological polar surface area (TPSA) is 46.2 Å². The van der Waals surface area contributed by atoms with Crippen LogP contribution in [0.4, 0.5) is 0 Å². The highest BCUT2D eigenvalue weighted by molar-refractivity contribution is 8.01. The van der Waals surface area contributed by atoms with Crippen LogP contribution in [0.5, 0.6) is 0 Å². The van der Waals surface area contributed by atoms with E-state index in [1.165, 1.54) is 0 Å². The molecule has 4 heteroatoms. The first kappa shape index (κ1) is 15.5. The summed E-state index contributed by atoms with van der Waals surface area (Å²) in [7, 11) is 0. The average molecular weight is 245 g/mol. The molecule has 1 aliphatic rings. The van der Waals surface area contributed by atoms with E-state index in [1.54, 1.807) is 11.8 Å². The minimum absolute atomic E-state index is 0.0344. The van der Waals surface area contributed by atoms with E-state index in [-0.39, 0.29) is 21.8 Å². The Morgan fingerprint density at radius 1 is 1.25 bits per heavy atom. The Balaban J connectivity index is 0.000000487. The highest BCUT2D eigenvalue weighted by Gasteiger charge is 2.33. The standard InChI is InChI=1S/C8H13NO2S.C4H10/c1-8(2,3)12-5-4-6(10)9-7(5)11;1-4(2)3/h5H,4H2,1-3H3,(H,9,10,11);4H,1-3H3. The van der Waals surface area contributed by atoms with Crippen molar-refractivity contribution in [2.45, 2.75) is 58.0 Å². The van der Waals surface area contributed by atoms with Gasteiger partial charge in [0.1, 0.15) is 0 Å². The molecule has 1 unspecified atom stereocenters. The lowest BCUT2D eigenvalue weighted by atomic mass is 10.3. The van der Waals surface area contributed by atoms with E-state index in [0.29, 0.717) is 6.42 Å². The van der Waals surface area contributed by atoms with E-state index in [0.717, 1.165) is 5.92 Å². The number of carbonyl (C=O) groups is 2. The third kappa shape index (κ3) is 7.74. The predicted octanol–water partition coefficient (Wildman–Crippen LogP) is 2.60. The van der Waals surface area contributed by atoms with E-state index in [1.807, 2.05) is 20.8 Å². The predicted molar refractivity (Wildman–Crippen MR) is 69.4 cm³/mol. The molecule has 1 fully saturated rings. The molecule has 0 aromatic heterocycles. The van der Waals surface area contributed by atoms with Gasteiger partial charge in [-0.25, -0.2) is 0 Å². The van der Waals surface area contributed by atoms with Gasteiger partial charge in [-0.3, -0.25) is 14.9 Å². The normalized spacial score (nSPS) is 20.6. The molecule has 1 N–H and O–H groups in total. The third-order valence-corrected chi connectivity index (χ3v) is 2.79.